The van der Waals surface area contributed by atoms with Crippen LogP contribution in [0.2, 0.25) is 0 Å². The zero-order valence-electron chi connectivity index (χ0n) is 9.42. The van der Waals surface area contributed by atoms with Gasteiger partial charge in [0.1, 0.15) is 6.04 Å². The lowest BCUT2D eigenvalue weighted by atomic mass is 10.2. The van der Waals surface area contributed by atoms with Gasteiger partial charge in [-0.25, -0.2) is 8.78 Å². The number of likely N-dealkylation sites (N-methyl/N-ethyl adjacent to an activating group) is 1. The molecule has 0 aromatic heterocycles. The van der Waals surface area contributed by atoms with E-state index in [1.165, 1.54) is 17.0 Å². The third-order valence-electron chi connectivity index (χ3n) is 2.13. The third-order valence-corrected chi connectivity index (χ3v) is 2.13. The topological polar surface area (TPSA) is 32.3 Å². The number of benzene rings is 1. The summed E-state index contributed by atoms with van der Waals surface area (Å²) in [5.74, 6) is -2.11. The molecule has 3 nitrogen and oxygen atoms in total. The second kappa shape index (κ2) is 4.92. The minimum absolute atomic E-state index is 0.0114. The van der Waals surface area contributed by atoms with Crippen LogP contribution in [0, 0.1) is 11.6 Å². The first-order valence-corrected chi connectivity index (χ1v) is 4.85. The third kappa shape index (κ3) is 2.68. The summed E-state index contributed by atoms with van der Waals surface area (Å²) in [4.78, 5) is 12.9. The first kappa shape index (κ1) is 12.4. The van der Waals surface area contributed by atoms with E-state index in [2.05, 4.69) is 5.32 Å². The smallest absolute Gasteiger partial charge is 0.244 e. The Morgan fingerprint density at radius 3 is 2.56 bits per heavy atom. The van der Waals surface area contributed by atoms with Crippen molar-refractivity contribution in [2.75, 3.05) is 19.4 Å². The molecule has 1 N–H and O–H groups in total. The molecular weight excluding hydrogens is 214 g/mol. The van der Waals surface area contributed by atoms with E-state index in [4.69, 9.17) is 0 Å². The lowest BCUT2D eigenvalue weighted by Crippen LogP contribution is -2.36. The number of carbonyl (C=O) groups is 1. The van der Waals surface area contributed by atoms with Crippen molar-refractivity contribution in [2.45, 2.75) is 13.0 Å². The molecule has 0 aliphatic rings. The Hall–Kier alpha value is -1.65. The Morgan fingerprint density at radius 1 is 1.38 bits per heavy atom. The van der Waals surface area contributed by atoms with Crippen LogP contribution in [0.25, 0.3) is 0 Å². The number of hydrogen-bond donors (Lipinski definition) is 1. The highest BCUT2D eigenvalue weighted by Gasteiger charge is 2.17. The predicted octanol–water partition coefficient (Wildman–Crippen LogP) is 1.85. The molecule has 1 aromatic carbocycles. The molecule has 1 amide bonds. The van der Waals surface area contributed by atoms with Gasteiger partial charge in [0.05, 0.1) is 5.69 Å². The maximum atomic E-state index is 13.3. The van der Waals surface area contributed by atoms with E-state index in [1.54, 1.807) is 21.0 Å². The van der Waals surface area contributed by atoms with Crippen molar-refractivity contribution in [2.24, 2.45) is 0 Å². The van der Waals surface area contributed by atoms with Crippen LogP contribution in [0.1, 0.15) is 6.92 Å². The second-order valence-electron chi connectivity index (χ2n) is 3.70. The Balaban J connectivity index is 2.81. The van der Waals surface area contributed by atoms with Gasteiger partial charge in [-0.05, 0) is 19.1 Å². The van der Waals surface area contributed by atoms with Crippen LogP contribution in [0.4, 0.5) is 14.5 Å². The normalized spacial score (nSPS) is 12.1. The lowest BCUT2D eigenvalue weighted by molar-refractivity contribution is -0.129. The molecule has 0 heterocycles. The molecule has 1 aromatic rings. The minimum atomic E-state index is -0.971. The van der Waals surface area contributed by atoms with E-state index < -0.39 is 17.7 Å². The minimum Gasteiger partial charge on any atom is -0.371 e. The van der Waals surface area contributed by atoms with Crippen molar-refractivity contribution >= 4 is 11.6 Å². The van der Waals surface area contributed by atoms with E-state index in [-0.39, 0.29) is 11.6 Å². The van der Waals surface area contributed by atoms with Gasteiger partial charge in [0.2, 0.25) is 5.91 Å². The lowest BCUT2D eigenvalue weighted by Gasteiger charge is -2.19. The van der Waals surface area contributed by atoms with Gasteiger partial charge in [0, 0.05) is 14.1 Å². The second-order valence-corrected chi connectivity index (χ2v) is 3.70. The molecule has 0 spiro atoms. The fourth-order valence-corrected chi connectivity index (χ4v) is 1.30. The van der Waals surface area contributed by atoms with Crippen molar-refractivity contribution < 1.29 is 13.6 Å². The molecule has 0 saturated carbocycles. The monoisotopic (exact) mass is 228 g/mol. The fourth-order valence-electron chi connectivity index (χ4n) is 1.30. The maximum Gasteiger partial charge on any atom is 0.244 e. The van der Waals surface area contributed by atoms with Crippen LogP contribution in [-0.4, -0.2) is 30.9 Å². The molecule has 0 fully saturated rings. The van der Waals surface area contributed by atoms with Gasteiger partial charge >= 0.3 is 0 Å². The van der Waals surface area contributed by atoms with Crippen molar-refractivity contribution in [3.8, 4) is 0 Å². The Morgan fingerprint density at radius 2 is 2.00 bits per heavy atom. The number of nitrogens with zero attached hydrogens (tertiary/aromatic N) is 1. The maximum absolute atomic E-state index is 13.3. The Kier molecular flexibility index (Phi) is 3.82. The molecule has 5 heteroatoms. The zero-order valence-corrected chi connectivity index (χ0v) is 9.42. The summed E-state index contributed by atoms with van der Waals surface area (Å²) in [6.07, 6.45) is 0. The number of rotatable bonds is 3. The summed E-state index contributed by atoms with van der Waals surface area (Å²) in [5.41, 5.74) is -0.0114. The SMILES string of the molecule is CC(Nc1cccc(F)c1F)C(=O)N(C)C. The number of nitrogens with one attached hydrogen (secondary N) is 1. The molecule has 1 rings (SSSR count). The highest BCUT2D eigenvalue weighted by Crippen LogP contribution is 2.17. The summed E-state index contributed by atoms with van der Waals surface area (Å²) in [6.45, 7) is 1.59. The number of amides is 1. The van der Waals surface area contributed by atoms with Crippen LogP contribution >= 0.6 is 0 Å². The van der Waals surface area contributed by atoms with Crippen LogP contribution in [0.3, 0.4) is 0 Å². The molecule has 0 bridgehead atoms. The van der Waals surface area contributed by atoms with Crippen LogP contribution in [0.15, 0.2) is 18.2 Å². The first-order valence-electron chi connectivity index (χ1n) is 4.85. The summed E-state index contributed by atoms with van der Waals surface area (Å²) in [7, 11) is 3.20. The largest absolute Gasteiger partial charge is 0.371 e. The fraction of sp³-hybridized carbons (Fsp3) is 0.364. The zero-order chi connectivity index (χ0) is 12.3. The van der Waals surface area contributed by atoms with Gasteiger partial charge in [-0.1, -0.05) is 6.07 Å². The van der Waals surface area contributed by atoms with Gasteiger partial charge < -0.3 is 10.2 Å². The average Bonchev–Trinajstić information content (AvgIpc) is 2.23. The van der Waals surface area contributed by atoms with Gasteiger partial charge in [0.25, 0.3) is 0 Å². The van der Waals surface area contributed by atoms with Crippen molar-refractivity contribution in [1.29, 1.82) is 0 Å². The van der Waals surface area contributed by atoms with E-state index >= 15 is 0 Å². The molecule has 1 unspecified atom stereocenters. The quantitative estimate of drug-likeness (QED) is 0.856. The molecule has 0 saturated heterocycles. The first-order chi connectivity index (χ1) is 7.43. The summed E-state index contributed by atoms with van der Waals surface area (Å²) in [6, 6.07) is 3.19. The van der Waals surface area contributed by atoms with Crippen molar-refractivity contribution in [3.05, 3.63) is 29.8 Å². The molecule has 0 aliphatic carbocycles. The highest BCUT2D eigenvalue weighted by molar-refractivity contribution is 5.83. The van der Waals surface area contributed by atoms with Crippen LogP contribution in [-0.2, 0) is 4.79 Å². The average molecular weight is 228 g/mol. The molecule has 16 heavy (non-hydrogen) atoms. The molecular formula is C11H14F2N2O. The van der Waals surface area contributed by atoms with Crippen LogP contribution in [0.5, 0.6) is 0 Å². The van der Waals surface area contributed by atoms with E-state index in [0.29, 0.717) is 0 Å². The predicted molar refractivity (Wildman–Crippen MR) is 58.1 cm³/mol. The van der Waals surface area contributed by atoms with E-state index in [0.717, 1.165) is 6.07 Å². The highest BCUT2D eigenvalue weighted by atomic mass is 19.2. The number of hydrogen-bond acceptors (Lipinski definition) is 2. The van der Waals surface area contributed by atoms with Gasteiger partial charge in [0.15, 0.2) is 11.6 Å². The summed E-state index contributed by atoms with van der Waals surface area (Å²) >= 11 is 0. The standard InChI is InChI=1S/C11H14F2N2O/c1-7(11(16)15(2)3)14-9-6-4-5-8(12)10(9)13/h4-7,14H,1-3H3. The number of halogens is 2. The molecule has 0 radical (unpaired) electrons. The van der Waals surface area contributed by atoms with E-state index in [9.17, 15) is 13.6 Å². The van der Waals surface area contributed by atoms with Crippen LogP contribution < -0.4 is 5.32 Å². The van der Waals surface area contributed by atoms with Gasteiger partial charge in [-0.2, -0.15) is 0 Å². The van der Waals surface area contributed by atoms with Crippen molar-refractivity contribution in [3.63, 3.8) is 0 Å². The van der Waals surface area contributed by atoms with Gasteiger partial charge in [-0.3, -0.25) is 4.79 Å². The number of anilines is 1. The van der Waals surface area contributed by atoms with E-state index in [1.807, 2.05) is 0 Å². The molecule has 88 valence electrons. The summed E-state index contributed by atoms with van der Waals surface area (Å²) < 4.78 is 26.1. The Labute approximate surface area is 93.1 Å². The number of carbonyl (C=O) groups excluding carboxylic acids is 1. The Bertz CT molecular complexity index is 394. The molecule has 1 atom stereocenters. The van der Waals surface area contributed by atoms with Crippen molar-refractivity contribution in [1.82, 2.24) is 4.90 Å². The van der Waals surface area contributed by atoms with Gasteiger partial charge in [-0.15, -0.1) is 0 Å². The molecule has 0 aliphatic heterocycles. The summed E-state index contributed by atoms with van der Waals surface area (Å²) in [5, 5.41) is 2.63.